The van der Waals surface area contributed by atoms with E-state index in [1.165, 1.54) is 24.5 Å². The van der Waals surface area contributed by atoms with Crippen molar-refractivity contribution in [2.24, 2.45) is 5.73 Å². The molecule has 4 heterocycles. The van der Waals surface area contributed by atoms with Gasteiger partial charge in [-0.05, 0) is 25.1 Å². The van der Waals surface area contributed by atoms with Gasteiger partial charge in [-0.25, -0.2) is 22.5 Å². The van der Waals surface area contributed by atoms with Crippen LogP contribution in [0, 0.1) is 5.82 Å². The maximum absolute atomic E-state index is 14.8. The number of anilines is 1. The van der Waals surface area contributed by atoms with Crippen molar-refractivity contribution in [1.82, 2.24) is 24.9 Å². The number of halogens is 3. The van der Waals surface area contributed by atoms with E-state index in [0.29, 0.717) is 46.6 Å². The molecule has 10 nitrogen and oxygen atoms in total. The first-order valence-corrected chi connectivity index (χ1v) is 13.7. The summed E-state index contributed by atoms with van der Waals surface area (Å²) in [5.41, 5.74) is 7.56. The molecule has 37 heavy (non-hydrogen) atoms. The second kappa shape index (κ2) is 9.37. The number of nitrogens with zero attached hydrogens (tertiary/aromatic N) is 4. The van der Waals surface area contributed by atoms with Crippen LogP contribution in [0.5, 0.6) is 5.75 Å². The molecule has 0 radical (unpaired) electrons. The van der Waals surface area contributed by atoms with Crippen LogP contribution in [0.2, 0.25) is 10.0 Å². The Bertz CT molecular complexity index is 1570. The zero-order valence-corrected chi connectivity index (χ0v) is 22.0. The van der Waals surface area contributed by atoms with Gasteiger partial charge in [0, 0.05) is 54.3 Å². The lowest BCUT2D eigenvalue weighted by atomic mass is 9.94. The number of nitrogens with two attached hydrogens (primary N) is 1. The number of H-pyrrole nitrogens is 1. The smallest absolute Gasteiger partial charge is 0.209 e. The summed E-state index contributed by atoms with van der Waals surface area (Å²) in [5.74, 6) is -0.0469. The monoisotopic (exact) mass is 565 g/mol. The summed E-state index contributed by atoms with van der Waals surface area (Å²) >= 11 is 12.3. The second-order valence-electron chi connectivity index (χ2n) is 9.15. The predicted octanol–water partition coefficient (Wildman–Crippen LogP) is 3.63. The average Bonchev–Trinajstić information content (AvgIpc) is 3.19. The zero-order chi connectivity index (χ0) is 26.5. The summed E-state index contributed by atoms with van der Waals surface area (Å²) in [6.07, 6.45) is 4.40. The summed E-state index contributed by atoms with van der Waals surface area (Å²) in [7, 11) is -3.31. The van der Waals surface area contributed by atoms with Gasteiger partial charge in [-0.1, -0.05) is 23.2 Å². The van der Waals surface area contributed by atoms with Crippen molar-refractivity contribution in [3.05, 3.63) is 64.3 Å². The van der Waals surface area contributed by atoms with Crippen molar-refractivity contribution >= 4 is 49.9 Å². The topological polar surface area (TPSA) is 139 Å². The molecule has 1 fully saturated rings. The molecular weight excluding hydrogens is 544 g/mol. The number of hydrogen-bond acceptors (Lipinski definition) is 8. The maximum atomic E-state index is 14.8. The molecule has 0 unspecified atom stereocenters. The highest BCUT2D eigenvalue weighted by Gasteiger charge is 2.41. The van der Waals surface area contributed by atoms with E-state index in [-0.39, 0.29) is 15.8 Å². The molecule has 1 aromatic carbocycles. The van der Waals surface area contributed by atoms with Crippen molar-refractivity contribution in [2.45, 2.75) is 18.7 Å². The van der Waals surface area contributed by atoms with Gasteiger partial charge < -0.3 is 9.64 Å². The third-order valence-electron chi connectivity index (χ3n) is 5.90. The van der Waals surface area contributed by atoms with Crippen LogP contribution in [-0.4, -0.2) is 53.5 Å². The first-order chi connectivity index (χ1) is 17.4. The third-order valence-corrected chi connectivity index (χ3v) is 7.37. The van der Waals surface area contributed by atoms with Gasteiger partial charge in [-0.15, -0.1) is 0 Å². The minimum absolute atomic E-state index is 0.102. The van der Waals surface area contributed by atoms with Gasteiger partial charge in [0.15, 0.2) is 17.8 Å². The van der Waals surface area contributed by atoms with Gasteiger partial charge in [0.2, 0.25) is 10.0 Å². The normalized spacial score (nSPS) is 16.0. The Morgan fingerprint density at radius 2 is 1.92 bits per heavy atom. The van der Waals surface area contributed by atoms with Crippen LogP contribution in [0.3, 0.4) is 0 Å². The fraction of sp³-hybridized carbons (Fsp3) is 0.261. The Kier molecular flexibility index (Phi) is 6.49. The number of ether oxygens (including phenoxy) is 1. The Morgan fingerprint density at radius 3 is 2.54 bits per heavy atom. The number of benzene rings is 1. The van der Waals surface area contributed by atoms with E-state index in [1.54, 1.807) is 6.20 Å². The highest BCUT2D eigenvalue weighted by atomic mass is 35.5. The molecule has 1 saturated heterocycles. The number of rotatable bonds is 7. The first-order valence-electron chi connectivity index (χ1n) is 11.0. The minimum Gasteiger partial charge on any atom is -0.468 e. The van der Waals surface area contributed by atoms with E-state index >= 15 is 0 Å². The van der Waals surface area contributed by atoms with Crippen molar-refractivity contribution in [3.63, 3.8) is 0 Å². The molecule has 1 aliphatic heterocycles. The molecule has 1 atom stereocenters. The number of hydrogen-bond donors (Lipinski definition) is 3. The Balaban J connectivity index is 1.38. The summed E-state index contributed by atoms with van der Waals surface area (Å²) in [6, 6.07) is 6.42. The van der Waals surface area contributed by atoms with Gasteiger partial charge in [0.1, 0.15) is 11.5 Å². The predicted molar refractivity (Wildman–Crippen MR) is 140 cm³/mol. The summed E-state index contributed by atoms with van der Waals surface area (Å²) < 4.78 is 46.2. The minimum atomic E-state index is -3.31. The molecule has 3 aromatic heterocycles. The summed E-state index contributed by atoms with van der Waals surface area (Å²) in [4.78, 5) is 10.3. The number of fused-ring (bicyclic) bond motifs is 1. The fourth-order valence-electron chi connectivity index (χ4n) is 4.40. The fourth-order valence-corrected chi connectivity index (χ4v) is 6.00. The Morgan fingerprint density at radius 1 is 1.22 bits per heavy atom. The highest BCUT2D eigenvalue weighted by Crippen LogP contribution is 2.35. The van der Waals surface area contributed by atoms with Crippen molar-refractivity contribution in [1.29, 1.82) is 0 Å². The maximum Gasteiger partial charge on any atom is 0.209 e. The van der Waals surface area contributed by atoms with E-state index < -0.39 is 27.6 Å². The molecule has 0 bridgehead atoms. The SMILES string of the molecule is CC1(NS(C)(=O)=O)CN(c2ccc(-c3n[nH]c4cc(F)c(O[C@H](N)c5c(Cl)cncc5Cl)cc34)cn2)C1. The summed E-state index contributed by atoms with van der Waals surface area (Å²) in [6.45, 7) is 2.82. The molecule has 4 N–H and O–H groups in total. The molecule has 0 aliphatic carbocycles. The van der Waals surface area contributed by atoms with E-state index in [4.69, 9.17) is 33.7 Å². The lowest BCUT2D eigenvalue weighted by Crippen LogP contribution is -2.68. The Labute approximate surface area is 222 Å². The largest absolute Gasteiger partial charge is 0.468 e. The number of nitrogens with one attached hydrogen (secondary N) is 2. The number of aromatic amines is 1. The molecule has 0 spiro atoms. The Hall–Kier alpha value is -3.03. The lowest BCUT2D eigenvalue weighted by Gasteiger charge is -2.48. The van der Waals surface area contributed by atoms with Crippen LogP contribution in [0.4, 0.5) is 10.2 Å². The van der Waals surface area contributed by atoms with E-state index in [0.717, 1.165) is 6.26 Å². The molecular formula is C23H22Cl2FN7O3S. The molecule has 5 rings (SSSR count). The number of pyridine rings is 2. The molecule has 0 saturated carbocycles. The van der Waals surface area contributed by atoms with Gasteiger partial charge >= 0.3 is 0 Å². The quantitative estimate of drug-likeness (QED) is 0.288. The zero-order valence-electron chi connectivity index (χ0n) is 19.7. The second-order valence-corrected chi connectivity index (χ2v) is 11.7. The first kappa shape index (κ1) is 25.6. The van der Waals surface area contributed by atoms with Gasteiger partial charge in [-0.3, -0.25) is 15.8 Å². The van der Waals surface area contributed by atoms with Gasteiger partial charge in [-0.2, -0.15) is 5.10 Å². The molecule has 14 heteroatoms. The average molecular weight is 566 g/mol. The standard InChI is InChI=1S/C23H22Cl2FN7O3S/c1-23(32-37(2,34)35)10-33(11-23)19-4-3-12(7-29-19)21-13-5-18(16(26)6-17(13)30-31-21)36-22(27)20-14(24)8-28-9-15(20)25/h3-9,22,32H,10-11,27H2,1-2H3,(H,30,31)/t22-/m0/s1. The third kappa shape index (κ3) is 5.20. The lowest BCUT2D eigenvalue weighted by molar-refractivity contribution is 0.205. The molecule has 1 aliphatic rings. The van der Waals surface area contributed by atoms with E-state index in [2.05, 4.69) is 24.9 Å². The van der Waals surface area contributed by atoms with Crippen molar-refractivity contribution in [3.8, 4) is 17.0 Å². The van der Waals surface area contributed by atoms with Gasteiger partial charge in [0.05, 0.1) is 27.4 Å². The van der Waals surface area contributed by atoms with Crippen LogP contribution in [0.15, 0.2) is 42.9 Å². The highest BCUT2D eigenvalue weighted by molar-refractivity contribution is 7.88. The molecule has 194 valence electrons. The van der Waals surface area contributed by atoms with Crippen LogP contribution in [0.25, 0.3) is 22.2 Å². The van der Waals surface area contributed by atoms with Crippen molar-refractivity contribution < 1.29 is 17.5 Å². The van der Waals surface area contributed by atoms with Crippen LogP contribution in [0.1, 0.15) is 18.7 Å². The van der Waals surface area contributed by atoms with Crippen LogP contribution >= 0.6 is 23.2 Å². The van der Waals surface area contributed by atoms with Crippen LogP contribution in [-0.2, 0) is 10.0 Å². The van der Waals surface area contributed by atoms with E-state index in [9.17, 15) is 12.8 Å². The number of aromatic nitrogens is 4. The van der Waals surface area contributed by atoms with Crippen molar-refractivity contribution in [2.75, 3.05) is 24.2 Å². The van der Waals surface area contributed by atoms with E-state index in [1.807, 2.05) is 24.0 Å². The molecule has 4 aromatic rings. The summed E-state index contributed by atoms with van der Waals surface area (Å²) in [5, 5.41) is 8.14. The number of sulfonamides is 1. The molecule has 0 amide bonds. The van der Waals surface area contributed by atoms with Gasteiger partial charge in [0.25, 0.3) is 0 Å². The van der Waals surface area contributed by atoms with Crippen LogP contribution < -0.4 is 20.1 Å².